The van der Waals surface area contributed by atoms with E-state index in [2.05, 4.69) is 0 Å². The van der Waals surface area contributed by atoms with E-state index in [0.717, 1.165) is 0 Å². The summed E-state index contributed by atoms with van der Waals surface area (Å²) in [4.78, 5) is 25.7. The van der Waals surface area contributed by atoms with Crippen molar-refractivity contribution >= 4 is 17.4 Å². The lowest BCUT2D eigenvalue weighted by Gasteiger charge is -2.22. The van der Waals surface area contributed by atoms with E-state index >= 15 is 0 Å². The first kappa shape index (κ1) is 15.6. The van der Waals surface area contributed by atoms with E-state index in [1.807, 2.05) is 0 Å². The third-order valence-electron chi connectivity index (χ3n) is 3.29. The van der Waals surface area contributed by atoms with Crippen LogP contribution >= 0.6 is 0 Å². The lowest BCUT2D eigenvalue weighted by molar-refractivity contribution is -0.120. The van der Waals surface area contributed by atoms with Gasteiger partial charge in [-0.3, -0.25) is 9.59 Å². The van der Waals surface area contributed by atoms with Crippen molar-refractivity contribution in [2.75, 3.05) is 24.7 Å². The van der Waals surface area contributed by atoms with Gasteiger partial charge in [-0.15, -0.1) is 0 Å². The SMILES string of the molecule is O=C1CCCN(C(=O)CCOCC(F)F)c2ccccc21. The van der Waals surface area contributed by atoms with Gasteiger partial charge in [-0.2, -0.15) is 0 Å². The summed E-state index contributed by atoms with van der Waals surface area (Å²) in [5.41, 5.74) is 1.13. The van der Waals surface area contributed by atoms with Gasteiger partial charge >= 0.3 is 0 Å². The van der Waals surface area contributed by atoms with Gasteiger partial charge in [0.1, 0.15) is 6.61 Å². The zero-order valence-corrected chi connectivity index (χ0v) is 11.6. The number of Topliss-reactive ketones (excluding diaryl/α,β-unsaturated/α-hetero) is 1. The molecule has 0 aliphatic carbocycles. The summed E-state index contributed by atoms with van der Waals surface area (Å²) in [5, 5.41) is 0. The molecule has 4 nitrogen and oxygen atoms in total. The minimum Gasteiger partial charge on any atom is -0.375 e. The number of fused-ring (bicyclic) bond motifs is 1. The predicted octanol–water partition coefficient (Wildman–Crippen LogP) is 2.67. The van der Waals surface area contributed by atoms with Gasteiger partial charge in [-0.25, -0.2) is 8.78 Å². The van der Waals surface area contributed by atoms with E-state index in [9.17, 15) is 18.4 Å². The van der Waals surface area contributed by atoms with Crippen molar-refractivity contribution in [2.24, 2.45) is 0 Å². The van der Waals surface area contributed by atoms with Crippen LogP contribution in [0, 0.1) is 0 Å². The number of carbonyl (C=O) groups excluding carboxylic acids is 2. The highest BCUT2D eigenvalue weighted by molar-refractivity contribution is 6.06. The summed E-state index contributed by atoms with van der Waals surface area (Å²) in [6, 6.07) is 6.97. The number of carbonyl (C=O) groups is 2. The smallest absolute Gasteiger partial charge is 0.261 e. The van der Waals surface area contributed by atoms with Gasteiger partial charge in [0.25, 0.3) is 6.43 Å². The number of alkyl halides is 2. The third-order valence-corrected chi connectivity index (χ3v) is 3.29. The number of halogens is 2. The van der Waals surface area contributed by atoms with Gasteiger partial charge in [0.15, 0.2) is 5.78 Å². The number of amides is 1. The quantitative estimate of drug-likeness (QED) is 0.785. The first-order valence-electron chi connectivity index (χ1n) is 6.88. The fourth-order valence-corrected chi connectivity index (χ4v) is 2.32. The maximum atomic E-state index is 12.2. The zero-order valence-electron chi connectivity index (χ0n) is 11.6. The van der Waals surface area contributed by atoms with E-state index < -0.39 is 13.0 Å². The largest absolute Gasteiger partial charge is 0.375 e. The van der Waals surface area contributed by atoms with Crippen LogP contribution in [-0.4, -0.2) is 37.9 Å². The predicted molar refractivity (Wildman–Crippen MR) is 73.8 cm³/mol. The lowest BCUT2D eigenvalue weighted by Crippen LogP contribution is -2.32. The molecule has 1 aromatic carbocycles. The van der Waals surface area contributed by atoms with Gasteiger partial charge in [0, 0.05) is 18.5 Å². The number of para-hydroxylation sites is 1. The fourth-order valence-electron chi connectivity index (χ4n) is 2.32. The molecular formula is C15H17F2NO3. The van der Waals surface area contributed by atoms with Crippen molar-refractivity contribution < 1.29 is 23.1 Å². The molecule has 0 atom stereocenters. The van der Waals surface area contributed by atoms with Crippen LogP contribution in [0.1, 0.15) is 29.6 Å². The molecule has 0 spiro atoms. The molecule has 1 aliphatic heterocycles. The molecule has 21 heavy (non-hydrogen) atoms. The van der Waals surface area contributed by atoms with E-state index in [-0.39, 0.29) is 24.7 Å². The minimum atomic E-state index is -2.53. The Morgan fingerprint density at radius 1 is 1.33 bits per heavy atom. The number of rotatable bonds is 5. The van der Waals surface area contributed by atoms with Crippen LogP contribution < -0.4 is 4.90 Å². The van der Waals surface area contributed by atoms with Crippen LogP contribution in [-0.2, 0) is 9.53 Å². The Hall–Kier alpha value is -1.82. The zero-order chi connectivity index (χ0) is 15.2. The first-order valence-corrected chi connectivity index (χ1v) is 6.88. The van der Waals surface area contributed by atoms with Gasteiger partial charge in [-0.1, -0.05) is 12.1 Å². The molecule has 0 N–H and O–H groups in total. The number of ether oxygens (including phenoxy) is 1. The molecular weight excluding hydrogens is 280 g/mol. The molecule has 1 amide bonds. The van der Waals surface area contributed by atoms with Crippen LogP contribution in [0.4, 0.5) is 14.5 Å². The molecule has 0 saturated heterocycles. The van der Waals surface area contributed by atoms with Gasteiger partial charge in [0.05, 0.1) is 18.7 Å². The molecule has 2 rings (SSSR count). The van der Waals surface area contributed by atoms with Crippen molar-refractivity contribution in [3.8, 4) is 0 Å². The topological polar surface area (TPSA) is 46.6 Å². The Bertz CT molecular complexity index is 519. The highest BCUT2D eigenvalue weighted by Crippen LogP contribution is 2.26. The molecule has 0 aromatic heterocycles. The Morgan fingerprint density at radius 3 is 2.86 bits per heavy atom. The van der Waals surface area contributed by atoms with E-state index in [0.29, 0.717) is 30.6 Å². The molecule has 0 bridgehead atoms. The second-order valence-corrected chi connectivity index (χ2v) is 4.81. The summed E-state index contributed by atoms with van der Waals surface area (Å²) in [6.45, 7) is -0.255. The van der Waals surface area contributed by atoms with Crippen LogP contribution in [0.5, 0.6) is 0 Å². The van der Waals surface area contributed by atoms with Gasteiger partial charge in [-0.05, 0) is 18.6 Å². The van der Waals surface area contributed by atoms with Crippen LogP contribution in [0.15, 0.2) is 24.3 Å². The highest BCUT2D eigenvalue weighted by Gasteiger charge is 2.24. The number of hydrogen-bond donors (Lipinski definition) is 0. The van der Waals surface area contributed by atoms with Crippen molar-refractivity contribution in [1.29, 1.82) is 0 Å². The summed E-state index contributed by atoms with van der Waals surface area (Å²) in [5.74, 6) is -0.193. The van der Waals surface area contributed by atoms with Crippen molar-refractivity contribution in [1.82, 2.24) is 0 Å². The molecule has 114 valence electrons. The number of hydrogen-bond acceptors (Lipinski definition) is 3. The summed E-state index contributed by atoms with van der Waals surface area (Å²) in [6.07, 6.45) is -1.51. The Kier molecular flexibility index (Phi) is 5.38. The molecule has 0 saturated carbocycles. The average Bonchev–Trinajstić information content (AvgIpc) is 2.63. The molecule has 0 fully saturated rings. The molecule has 6 heteroatoms. The third kappa shape index (κ3) is 4.07. The molecule has 1 aliphatic rings. The van der Waals surface area contributed by atoms with Gasteiger partial charge < -0.3 is 9.64 Å². The number of ketones is 1. The Balaban J connectivity index is 2.03. The Labute approximate surface area is 121 Å². The standard InChI is InChI=1S/C15H17F2NO3/c16-14(17)10-21-9-7-15(20)18-8-3-6-13(19)11-4-1-2-5-12(11)18/h1-2,4-5,14H,3,6-10H2. The fraction of sp³-hybridized carbons (Fsp3) is 0.467. The molecule has 1 aromatic rings. The summed E-state index contributed by atoms with van der Waals surface area (Å²) in [7, 11) is 0. The minimum absolute atomic E-state index is 0.0230. The summed E-state index contributed by atoms with van der Waals surface area (Å²) < 4.78 is 28.6. The summed E-state index contributed by atoms with van der Waals surface area (Å²) >= 11 is 0. The highest BCUT2D eigenvalue weighted by atomic mass is 19.3. The first-order chi connectivity index (χ1) is 10.1. The Morgan fingerprint density at radius 2 is 2.10 bits per heavy atom. The van der Waals surface area contributed by atoms with E-state index in [4.69, 9.17) is 4.74 Å². The van der Waals surface area contributed by atoms with Crippen molar-refractivity contribution in [3.05, 3.63) is 29.8 Å². The van der Waals surface area contributed by atoms with Gasteiger partial charge in [0.2, 0.25) is 5.91 Å². The molecule has 0 radical (unpaired) electrons. The van der Waals surface area contributed by atoms with Crippen LogP contribution in [0.2, 0.25) is 0 Å². The molecule has 1 heterocycles. The van der Waals surface area contributed by atoms with Crippen LogP contribution in [0.3, 0.4) is 0 Å². The van der Waals surface area contributed by atoms with Crippen molar-refractivity contribution in [2.45, 2.75) is 25.7 Å². The number of benzene rings is 1. The maximum absolute atomic E-state index is 12.2. The molecule has 0 unspecified atom stereocenters. The second kappa shape index (κ2) is 7.26. The number of anilines is 1. The number of nitrogens with zero attached hydrogens (tertiary/aromatic N) is 1. The van der Waals surface area contributed by atoms with E-state index in [1.165, 1.54) is 0 Å². The maximum Gasteiger partial charge on any atom is 0.261 e. The lowest BCUT2D eigenvalue weighted by atomic mass is 10.1. The van der Waals surface area contributed by atoms with Crippen LogP contribution in [0.25, 0.3) is 0 Å². The van der Waals surface area contributed by atoms with Crippen molar-refractivity contribution in [3.63, 3.8) is 0 Å². The average molecular weight is 297 g/mol. The second-order valence-electron chi connectivity index (χ2n) is 4.81. The normalized spacial score (nSPS) is 15.0. The van der Waals surface area contributed by atoms with E-state index in [1.54, 1.807) is 29.2 Å². The monoisotopic (exact) mass is 297 g/mol.